The average Bonchev–Trinajstić information content (AvgIpc) is 2.43. The zero-order valence-electron chi connectivity index (χ0n) is 12.5. The van der Waals surface area contributed by atoms with Gasteiger partial charge < -0.3 is 4.74 Å². The topological polar surface area (TPSA) is 26.3 Å². The van der Waals surface area contributed by atoms with Gasteiger partial charge in [0.15, 0.2) is 0 Å². The molecule has 0 rings (SSSR count). The molecule has 0 amide bonds. The molecule has 0 aliphatic heterocycles. The highest BCUT2D eigenvalue weighted by atomic mass is 16.5. The van der Waals surface area contributed by atoms with Gasteiger partial charge in [0, 0.05) is 6.42 Å². The van der Waals surface area contributed by atoms with Crippen molar-refractivity contribution in [2.45, 2.75) is 71.1 Å². The van der Waals surface area contributed by atoms with E-state index in [0.717, 1.165) is 19.3 Å². The van der Waals surface area contributed by atoms with E-state index in [1.54, 1.807) is 0 Å². The van der Waals surface area contributed by atoms with Crippen LogP contribution in [0.5, 0.6) is 0 Å². The number of carbonyl (C=O) groups excluding carboxylic acids is 1. The molecule has 0 aromatic rings. The Balaban J connectivity index is 3.12. The molecule has 0 radical (unpaired) electrons. The predicted molar refractivity (Wildman–Crippen MR) is 82.1 cm³/mol. The standard InChI is InChI=1S/C17H30O2/c1-3-5-6-7-8-9-10-11-12-13-14-15-16-19-17(18)4-2/h3,13-14H,1,4-12,15-16H2,2H3/b14-13+. The summed E-state index contributed by atoms with van der Waals surface area (Å²) in [7, 11) is 0. The zero-order valence-corrected chi connectivity index (χ0v) is 12.5. The third-order valence-electron chi connectivity index (χ3n) is 3.03. The Morgan fingerprint density at radius 2 is 1.53 bits per heavy atom. The molecule has 0 aromatic carbocycles. The molecule has 0 fully saturated rings. The molecule has 0 bridgehead atoms. The minimum absolute atomic E-state index is 0.107. The van der Waals surface area contributed by atoms with Gasteiger partial charge in [-0.05, 0) is 32.1 Å². The third-order valence-corrected chi connectivity index (χ3v) is 3.03. The summed E-state index contributed by atoms with van der Waals surface area (Å²) < 4.78 is 4.99. The molecule has 2 nitrogen and oxygen atoms in total. The second-order valence-electron chi connectivity index (χ2n) is 4.82. The molecule has 0 aliphatic carbocycles. The molecule has 0 N–H and O–H groups in total. The lowest BCUT2D eigenvalue weighted by molar-refractivity contribution is -0.143. The number of hydrogen-bond donors (Lipinski definition) is 0. The quantitative estimate of drug-likeness (QED) is 0.260. The van der Waals surface area contributed by atoms with Crippen molar-refractivity contribution in [2.75, 3.05) is 6.61 Å². The van der Waals surface area contributed by atoms with E-state index in [0.29, 0.717) is 13.0 Å². The van der Waals surface area contributed by atoms with Gasteiger partial charge in [0.25, 0.3) is 0 Å². The van der Waals surface area contributed by atoms with E-state index in [2.05, 4.69) is 18.7 Å². The van der Waals surface area contributed by atoms with Crippen LogP contribution in [-0.2, 0) is 9.53 Å². The maximum atomic E-state index is 10.9. The highest BCUT2D eigenvalue weighted by Crippen LogP contribution is 2.09. The number of allylic oxidation sites excluding steroid dienone is 2. The molecular weight excluding hydrogens is 236 g/mol. The van der Waals surface area contributed by atoms with E-state index in [1.165, 1.54) is 38.5 Å². The summed E-state index contributed by atoms with van der Waals surface area (Å²) in [6.07, 6.45) is 17.9. The van der Waals surface area contributed by atoms with E-state index < -0.39 is 0 Å². The Labute approximate surface area is 118 Å². The molecular formula is C17H30O2. The van der Waals surface area contributed by atoms with Crippen LogP contribution in [0.1, 0.15) is 71.1 Å². The lowest BCUT2D eigenvalue weighted by Crippen LogP contribution is -2.02. The normalized spacial score (nSPS) is 10.8. The van der Waals surface area contributed by atoms with Gasteiger partial charge in [0.05, 0.1) is 6.61 Å². The van der Waals surface area contributed by atoms with Gasteiger partial charge in [0.1, 0.15) is 0 Å². The highest BCUT2D eigenvalue weighted by molar-refractivity contribution is 5.68. The van der Waals surface area contributed by atoms with Crippen LogP contribution in [0.15, 0.2) is 24.8 Å². The summed E-state index contributed by atoms with van der Waals surface area (Å²) in [5.41, 5.74) is 0. The van der Waals surface area contributed by atoms with Gasteiger partial charge in [-0.2, -0.15) is 0 Å². The van der Waals surface area contributed by atoms with E-state index >= 15 is 0 Å². The lowest BCUT2D eigenvalue weighted by atomic mass is 10.1. The van der Waals surface area contributed by atoms with Crippen LogP contribution in [0.25, 0.3) is 0 Å². The molecule has 110 valence electrons. The Morgan fingerprint density at radius 1 is 0.947 bits per heavy atom. The molecule has 0 saturated heterocycles. The summed E-state index contributed by atoms with van der Waals surface area (Å²) in [6.45, 7) is 6.06. The first-order valence-corrected chi connectivity index (χ1v) is 7.72. The van der Waals surface area contributed by atoms with Crippen LogP contribution >= 0.6 is 0 Å². The van der Waals surface area contributed by atoms with Crippen molar-refractivity contribution in [3.8, 4) is 0 Å². The van der Waals surface area contributed by atoms with Crippen molar-refractivity contribution in [1.82, 2.24) is 0 Å². The fourth-order valence-corrected chi connectivity index (χ4v) is 1.84. The summed E-state index contributed by atoms with van der Waals surface area (Å²) in [6, 6.07) is 0. The fourth-order valence-electron chi connectivity index (χ4n) is 1.84. The first-order chi connectivity index (χ1) is 9.31. The number of hydrogen-bond acceptors (Lipinski definition) is 2. The van der Waals surface area contributed by atoms with Gasteiger partial charge in [-0.25, -0.2) is 0 Å². The SMILES string of the molecule is C=CCCCCCCCC/C=C/CCOC(=O)CC. The number of rotatable bonds is 13. The maximum Gasteiger partial charge on any atom is 0.305 e. The summed E-state index contributed by atoms with van der Waals surface area (Å²) >= 11 is 0. The van der Waals surface area contributed by atoms with Crippen molar-refractivity contribution in [3.05, 3.63) is 24.8 Å². The van der Waals surface area contributed by atoms with Gasteiger partial charge in [-0.3, -0.25) is 4.79 Å². The van der Waals surface area contributed by atoms with Crippen LogP contribution in [0.2, 0.25) is 0 Å². The number of ether oxygens (including phenoxy) is 1. The monoisotopic (exact) mass is 266 g/mol. The molecule has 0 saturated carbocycles. The molecule has 0 unspecified atom stereocenters. The maximum absolute atomic E-state index is 10.9. The largest absolute Gasteiger partial charge is 0.465 e. The zero-order chi connectivity index (χ0) is 14.2. The average molecular weight is 266 g/mol. The Hall–Kier alpha value is -1.05. The van der Waals surface area contributed by atoms with Gasteiger partial charge >= 0.3 is 5.97 Å². The molecule has 0 spiro atoms. The molecule has 0 aliphatic rings. The van der Waals surface area contributed by atoms with Crippen molar-refractivity contribution in [1.29, 1.82) is 0 Å². The van der Waals surface area contributed by atoms with Crippen molar-refractivity contribution >= 4 is 5.97 Å². The number of unbranched alkanes of at least 4 members (excludes halogenated alkanes) is 7. The van der Waals surface area contributed by atoms with E-state index in [9.17, 15) is 4.79 Å². The molecule has 0 atom stereocenters. The van der Waals surface area contributed by atoms with Crippen LogP contribution in [0.4, 0.5) is 0 Å². The Morgan fingerprint density at radius 3 is 2.16 bits per heavy atom. The summed E-state index contributed by atoms with van der Waals surface area (Å²) in [5.74, 6) is -0.107. The predicted octanol–water partition coefficient (Wildman–Crippen LogP) is 5.19. The third kappa shape index (κ3) is 14.9. The minimum atomic E-state index is -0.107. The van der Waals surface area contributed by atoms with Gasteiger partial charge in [-0.1, -0.05) is 50.8 Å². The second kappa shape index (κ2) is 15.0. The van der Waals surface area contributed by atoms with Crippen molar-refractivity contribution in [3.63, 3.8) is 0 Å². The lowest BCUT2D eigenvalue weighted by Gasteiger charge is -2.00. The first kappa shape index (κ1) is 17.9. The molecule has 0 heterocycles. The van der Waals surface area contributed by atoms with Crippen LogP contribution in [0, 0.1) is 0 Å². The van der Waals surface area contributed by atoms with Gasteiger partial charge in [0.2, 0.25) is 0 Å². The van der Waals surface area contributed by atoms with Crippen LogP contribution in [0.3, 0.4) is 0 Å². The molecule has 19 heavy (non-hydrogen) atoms. The second-order valence-corrected chi connectivity index (χ2v) is 4.82. The highest BCUT2D eigenvalue weighted by Gasteiger charge is 1.94. The number of carbonyl (C=O) groups is 1. The Bertz CT molecular complexity index is 244. The number of esters is 1. The smallest absolute Gasteiger partial charge is 0.305 e. The van der Waals surface area contributed by atoms with E-state index in [-0.39, 0.29) is 5.97 Å². The van der Waals surface area contributed by atoms with Crippen LogP contribution in [-0.4, -0.2) is 12.6 Å². The Kier molecular flexibility index (Phi) is 14.2. The van der Waals surface area contributed by atoms with Gasteiger partial charge in [-0.15, -0.1) is 6.58 Å². The molecule has 0 aromatic heterocycles. The van der Waals surface area contributed by atoms with Crippen molar-refractivity contribution < 1.29 is 9.53 Å². The van der Waals surface area contributed by atoms with Crippen molar-refractivity contribution in [2.24, 2.45) is 0 Å². The minimum Gasteiger partial charge on any atom is -0.465 e. The van der Waals surface area contributed by atoms with E-state index in [1.807, 2.05) is 13.0 Å². The van der Waals surface area contributed by atoms with E-state index in [4.69, 9.17) is 4.74 Å². The first-order valence-electron chi connectivity index (χ1n) is 7.72. The summed E-state index contributed by atoms with van der Waals surface area (Å²) in [5, 5.41) is 0. The summed E-state index contributed by atoms with van der Waals surface area (Å²) in [4.78, 5) is 10.9. The fraction of sp³-hybridized carbons (Fsp3) is 0.706. The van der Waals surface area contributed by atoms with Crippen LogP contribution < -0.4 is 0 Å². The molecule has 2 heteroatoms.